The van der Waals surface area contributed by atoms with Gasteiger partial charge in [0, 0.05) is 6.42 Å². The zero-order valence-corrected chi connectivity index (χ0v) is 6.67. The number of phenolic OH excluding ortho intramolecular Hbond substituents is 1. The van der Waals surface area contributed by atoms with Gasteiger partial charge in [-0.1, -0.05) is 13.0 Å². The van der Waals surface area contributed by atoms with E-state index < -0.39 is 11.6 Å². The number of carbonyl (C=O) groups excluding carboxylic acids is 1. The Balaban J connectivity index is 3.16. The second-order valence-electron chi connectivity index (χ2n) is 2.41. The highest BCUT2D eigenvalue weighted by Gasteiger charge is 2.11. The van der Waals surface area contributed by atoms with Crippen molar-refractivity contribution in [2.75, 3.05) is 0 Å². The molecule has 2 nitrogen and oxygen atoms in total. The predicted octanol–water partition coefficient (Wildman–Crippen LogP) is 2.12. The SMILES string of the molecule is CCC(=O)c1cccc(F)c1O. The van der Waals surface area contributed by atoms with Gasteiger partial charge in [-0.2, -0.15) is 0 Å². The van der Waals surface area contributed by atoms with E-state index in [4.69, 9.17) is 5.11 Å². The number of ketones is 1. The number of hydrogen-bond donors (Lipinski definition) is 1. The van der Waals surface area contributed by atoms with E-state index in [-0.39, 0.29) is 17.8 Å². The van der Waals surface area contributed by atoms with E-state index in [1.807, 2.05) is 0 Å². The van der Waals surface area contributed by atoms with Crippen LogP contribution in [0.15, 0.2) is 18.2 Å². The van der Waals surface area contributed by atoms with Crippen LogP contribution in [0, 0.1) is 5.82 Å². The summed E-state index contributed by atoms with van der Waals surface area (Å²) in [6, 6.07) is 3.92. The van der Waals surface area contributed by atoms with Gasteiger partial charge in [0.2, 0.25) is 0 Å². The van der Waals surface area contributed by atoms with Crippen LogP contribution in [0.1, 0.15) is 23.7 Å². The highest BCUT2D eigenvalue weighted by atomic mass is 19.1. The molecule has 0 fully saturated rings. The summed E-state index contributed by atoms with van der Waals surface area (Å²) in [5, 5.41) is 9.10. The Morgan fingerprint density at radius 2 is 2.25 bits per heavy atom. The van der Waals surface area contributed by atoms with Crippen molar-refractivity contribution in [2.24, 2.45) is 0 Å². The van der Waals surface area contributed by atoms with Crippen molar-refractivity contribution < 1.29 is 14.3 Å². The average Bonchev–Trinajstić information content (AvgIpc) is 2.08. The predicted molar refractivity (Wildman–Crippen MR) is 42.7 cm³/mol. The van der Waals surface area contributed by atoms with Crippen LogP contribution in [0.25, 0.3) is 0 Å². The summed E-state index contributed by atoms with van der Waals surface area (Å²) >= 11 is 0. The van der Waals surface area contributed by atoms with Crippen molar-refractivity contribution in [3.63, 3.8) is 0 Å². The summed E-state index contributed by atoms with van der Waals surface area (Å²) in [5.41, 5.74) is 0.0532. The summed E-state index contributed by atoms with van der Waals surface area (Å²) in [6.07, 6.45) is 0.261. The normalized spacial score (nSPS) is 9.83. The van der Waals surface area contributed by atoms with Gasteiger partial charge in [0.15, 0.2) is 17.3 Å². The summed E-state index contributed by atoms with van der Waals surface area (Å²) < 4.78 is 12.7. The maximum absolute atomic E-state index is 12.7. The van der Waals surface area contributed by atoms with Crippen molar-refractivity contribution in [1.29, 1.82) is 0 Å². The molecule has 0 aliphatic rings. The molecule has 1 aromatic rings. The van der Waals surface area contributed by atoms with E-state index in [9.17, 15) is 9.18 Å². The minimum absolute atomic E-state index is 0.0532. The number of carbonyl (C=O) groups is 1. The second-order valence-corrected chi connectivity index (χ2v) is 2.41. The molecule has 0 spiro atoms. The summed E-state index contributed by atoms with van der Waals surface area (Å²) in [5.74, 6) is -1.56. The van der Waals surface area contributed by atoms with Crippen LogP contribution >= 0.6 is 0 Å². The molecule has 0 aromatic heterocycles. The molecule has 1 rings (SSSR count). The van der Waals surface area contributed by atoms with Gasteiger partial charge < -0.3 is 5.11 Å². The van der Waals surface area contributed by atoms with Gasteiger partial charge in [0.25, 0.3) is 0 Å². The third-order valence-corrected chi connectivity index (χ3v) is 1.61. The van der Waals surface area contributed by atoms with Crippen LogP contribution in [0.2, 0.25) is 0 Å². The van der Waals surface area contributed by atoms with Gasteiger partial charge in [-0.25, -0.2) is 4.39 Å². The van der Waals surface area contributed by atoms with Gasteiger partial charge >= 0.3 is 0 Å². The lowest BCUT2D eigenvalue weighted by Gasteiger charge is -2.01. The quantitative estimate of drug-likeness (QED) is 0.687. The van der Waals surface area contributed by atoms with E-state index in [0.717, 1.165) is 6.07 Å². The van der Waals surface area contributed by atoms with E-state index in [0.29, 0.717) is 0 Å². The Kier molecular flexibility index (Phi) is 2.43. The first-order valence-corrected chi connectivity index (χ1v) is 3.67. The first kappa shape index (κ1) is 8.71. The zero-order valence-electron chi connectivity index (χ0n) is 6.67. The second kappa shape index (κ2) is 3.34. The number of benzene rings is 1. The van der Waals surface area contributed by atoms with Crippen LogP contribution in [0.4, 0.5) is 4.39 Å². The van der Waals surface area contributed by atoms with Gasteiger partial charge in [-0.05, 0) is 12.1 Å². The summed E-state index contributed by atoms with van der Waals surface area (Å²) in [7, 11) is 0. The molecule has 12 heavy (non-hydrogen) atoms. The molecule has 0 aliphatic heterocycles. The zero-order chi connectivity index (χ0) is 9.14. The molecule has 0 atom stereocenters. The smallest absolute Gasteiger partial charge is 0.166 e. The Labute approximate surface area is 69.6 Å². The topological polar surface area (TPSA) is 37.3 Å². The molecule has 0 unspecified atom stereocenters. The molecule has 1 aromatic carbocycles. The largest absolute Gasteiger partial charge is 0.504 e. The molecule has 64 valence electrons. The third kappa shape index (κ3) is 1.44. The van der Waals surface area contributed by atoms with Crippen molar-refractivity contribution >= 4 is 5.78 Å². The fourth-order valence-corrected chi connectivity index (χ4v) is 0.931. The lowest BCUT2D eigenvalue weighted by Crippen LogP contribution is -1.97. The monoisotopic (exact) mass is 168 g/mol. The van der Waals surface area contributed by atoms with Crippen molar-refractivity contribution in [1.82, 2.24) is 0 Å². The van der Waals surface area contributed by atoms with Crippen LogP contribution in [-0.4, -0.2) is 10.9 Å². The summed E-state index contributed by atoms with van der Waals surface area (Å²) in [6.45, 7) is 1.66. The highest BCUT2D eigenvalue weighted by molar-refractivity contribution is 5.98. The first-order valence-electron chi connectivity index (χ1n) is 3.67. The number of para-hydroxylation sites is 1. The third-order valence-electron chi connectivity index (χ3n) is 1.61. The molecule has 0 aliphatic carbocycles. The maximum atomic E-state index is 12.7. The van der Waals surface area contributed by atoms with Gasteiger partial charge in [0.05, 0.1) is 5.56 Å². The lowest BCUT2D eigenvalue weighted by molar-refractivity contribution is 0.0985. The van der Waals surface area contributed by atoms with Crippen LogP contribution in [0.3, 0.4) is 0 Å². The Morgan fingerprint density at radius 1 is 1.58 bits per heavy atom. The Morgan fingerprint density at radius 3 is 2.83 bits per heavy atom. The minimum atomic E-state index is -0.755. The number of hydrogen-bond acceptors (Lipinski definition) is 2. The molecule has 0 heterocycles. The molecule has 0 saturated carbocycles. The molecule has 0 amide bonds. The maximum Gasteiger partial charge on any atom is 0.166 e. The van der Waals surface area contributed by atoms with E-state index in [2.05, 4.69) is 0 Å². The first-order chi connectivity index (χ1) is 5.66. The standard InChI is InChI=1S/C9H9FO2/c1-2-8(11)6-4-3-5-7(10)9(6)12/h3-5,12H,2H2,1H3. The van der Waals surface area contributed by atoms with Gasteiger partial charge in [-0.3, -0.25) is 4.79 Å². The molecule has 0 radical (unpaired) electrons. The number of halogens is 1. The molecular weight excluding hydrogens is 159 g/mol. The summed E-state index contributed by atoms with van der Waals surface area (Å²) in [4.78, 5) is 11.1. The molecule has 1 N–H and O–H groups in total. The Hall–Kier alpha value is -1.38. The number of rotatable bonds is 2. The van der Waals surface area contributed by atoms with Crippen molar-refractivity contribution in [2.45, 2.75) is 13.3 Å². The Bertz CT molecular complexity index is 307. The molecule has 3 heteroatoms. The lowest BCUT2D eigenvalue weighted by atomic mass is 10.1. The van der Waals surface area contributed by atoms with E-state index in [1.54, 1.807) is 6.92 Å². The molecule has 0 saturated heterocycles. The average molecular weight is 168 g/mol. The fraction of sp³-hybridized carbons (Fsp3) is 0.222. The van der Waals surface area contributed by atoms with E-state index in [1.165, 1.54) is 12.1 Å². The minimum Gasteiger partial charge on any atom is -0.504 e. The molecular formula is C9H9FO2. The van der Waals surface area contributed by atoms with Crippen molar-refractivity contribution in [3.05, 3.63) is 29.6 Å². The fourth-order valence-electron chi connectivity index (χ4n) is 0.931. The molecule has 0 bridgehead atoms. The van der Waals surface area contributed by atoms with E-state index >= 15 is 0 Å². The van der Waals surface area contributed by atoms with Gasteiger partial charge in [-0.15, -0.1) is 0 Å². The number of aromatic hydroxyl groups is 1. The van der Waals surface area contributed by atoms with Crippen LogP contribution < -0.4 is 0 Å². The van der Waals surface area contributed by atoms with Crippen LogP contribution in [-0.2, 0) is 0 Å². The van der Waals surface area contributed by atoms with Gasteiger partial charge in [0.1, 0.15) is 0 Å². The van der Waals surface area contributed by atoms with Crippen LogP contribution in [0.5, 0.6) is 5.75 Å². The number of Topliss-reactive ketones (excluding diaryl/α,β-unsaturated/α-hetero) is 1. The highest BCUT2D eigenvalue weighted by Crippen LogP contribution is 2.21. The van der Waals surface area contributed by atoms with Crippen molar-refractivity contribution in [3.8, 4) is 5.75 Å². The number of phenols is 1.